The van der Waals surface area contributed by atoms with Gasteiger partial charge in [-0.3, -0.25) is 0 Å². The van der Waals surface area contributed by atoms with E-state index in [-0.39, 0.29) is 6.04 Å². The molecule has 0 aromatic carbocycles. The summed E-state index contributed by atoms with van der Waals surface area (Å²) in [6, 6.07) is -0.606. The SMILES string of the molecule is Cc1noc(C)c1CN(CC(C)N)C(N)=O. The summed E-state index contributed by atoms with van der Waals surface area (Å²) in [6.07, 6.45) is 0. The van der Waals surface area contributed by atoms with Gasteiger partial charge in [0, 0.05) is 18.2 Å². The lowest BCUT2D eigenvalue weighted by atomic mass is 10.2. The van der Waals surface area contributed by atoms with Gasteiger partial charge in [-0.05, 0) is 20.8 Å². The zero-order valence-electron chi connectivity index (χ0n) is 9.86. The Hall–Kier alpha value is -1.56. The van der Waals surface area contributed by atoms with E-state index < -0.39 is 6.03 Å². The number of primary amides is 1. The van der Waals surface area contributed by atoms with Crippen molar-refractivity contribution < 1.29 is 9.32 Å². The Morgan fingerprint density at radius 2 is 2.19 bits per heavy atom. The number of hydrogen-bond donors (Lipinski definition) is 2. The van der Waals surface area contributed by atoms with Crippen molar-refractivity contribution in [3.8, 4) is 0 Å². The van der Waals surface area contributed by atoms with Crippen molar-refractivity contribution in [3.63, 3.8) is 0 Å². The maximum atomic E-state index is 11.2. The number of hydrogen-bond acceptors (Lipinski definition) is 4. The molecule has 0 saturated carbocycles. The Morgan fingerprint density at radius 3 is 2.56 bits per heavy atom. The Balaban J connectivity index is 2.79. The minimum absolute atomic E-state index is 0.118. The fourth-order valence-corrected chi connectivity index (χ4v) is 1.50. The smallest absolute Gasteiger partial charge is 0.315 e. The van der Waals surface area contributed by atoms with Crippen LogP contribution in [0.2, 0.25) is 0 Å². The molecule has 16 heavy (non-hydrogen) atoms. The van der Waals surface area contributed by atoms with Crippen molar-refractivity contribution in [1.29, 1.82) is 0 Å². The third-order valence-electron chi connectivity index (χ3n) is 2.35. The first-order chi connectivity index (χ1) is 7.41. The second-order valence-corrected chi connectivity index (χ2v) is 4.00. The van der Waals surface area contributed by atoms with E-state index >= 15 is 0 Å². The molecule has 1 atom stereocenters. The van der Waals surface area contributed by atoms with Crippen LogP contribution in [-0.2, 0) is 6.54 Å². The Labute approximate surface area is 94.6 Å². The molecule has 1 unspecified atom stereocenters. The molecule has 0 saturated heterocycles. The van der Waals surface area contributed by atoms with E-state index in [1.54, 1.807) is 6.92 Å². The number of nitrogens with zero attached hydrogens (tertiary/aromatic N) is 2. The van der Waals surface area contributed by atoms with Gasteiger partial charge in [0.2, 0.25) is 0 Å². The average Bonchev–Trinajstić information content (AvgIpc) is 2.47. The Kier molecular flexibility index (Phi) is 3.89. The summed E-state index contributed by atoms with van der Waals surface area (Å²) in [5, 5.41) is 3.82. The summed E-state index contributed by atoms with van der Waals surface area (Å²) < 4.78 is 5.02. The maximum Gasteiger partial charge on any atom is 0.315 e. The lowest BCUT2D eigenvalue weighted by Gasteiger charge is -2.22. The topological polar surface area (TPSA) is 98.4 Å². The van der Waals surface area contributed by atoms with Crippen LogP contribution in [0.15, 0.2) is 4.52 Å². The molecule has 0 bridgehead atoms. The van der Waals surface area contributed by atoms with Gasteiger partial charge in [0.25, 0.3) is 0 Å². The third kappa shape index (κ3) is 2.96. The van der Waals surface area contributed by atoms with Crippen molar-refractivity contribution in [2.75, 3.05) is 6.54 Å². The normalized spacial score (nSPS) is 12.5. The van der Waals surface area contributed by atoms with E-state index in [1.165, 1.54) is 4.90 Å². The van der Waals surface area contributed by atoms with Crippen molar-refractivity contribution in [2.45, 2.75) is 33.4 Å². The molecular formula is C10H18N4O2. The fraction of sp³-hybridized carbons (Fsp3) is 0.600. The van der Waals surface area contributed by atoms with Gasteiger partial charge in [0.05, 0.1) is 12.2 Å². The van der Waals surface area contributed by atoms with Crippen LogP contribution in [-0.4, -0.2) is 28.7 Å². The molecule has 0 fully saturated rings. The molecule has 1 aromatic heterocycles. The van der Waals surface area contributed by atoms with Crippen LogP contribution in [0, 0.1) is 13.8 Å². The second kappa shape index (κ2) is 4.98. The fourth-order valence-electron chi connectivity index (χ4n) is 1.50. The summed E-state index contributed by atoms with van der Waals surface area (Å²) >= 11 is 0. The van der Waals surface area contributed by atoms with Crippen LogP contribution in [0.1, 0.15) is 23.9 Å². The summed E-state index contributed by atoms with van der Waals surface area (Å²) in [7, 11) is 0. The molecule has 2 amide bonds. The van der Waals surface area contributed by atoms with Gasteiger partial charge < -0.3 is 20.9 Å². The van der Waals surface area contributed by atoms with E-state index in [1.807, 2.05) is 13.8 Å². The molecule has 0 aliphatic rings. The molecule has 6 heteroatoms. The molecule has 1 rings (SSSR count). The molecule has 0 radical (unpaired) electrons. The molecule has 0 spiro atoms. The zero-order valence-corrected chi connectivity index (χ0v) is 9.86. The third-order valence-corrected chi connectivity index (χ3v) is 2.35. The second-order valence-electron chi connectivity index (χ2n) is 4.00. The predicted molar refractivity (Wildman–Crippen MR) is 59.6 cm³/mol. The maximum absolute atomic E-state index is 11.2. The molecule has 1 heterocycles. The molecular weight excluding hydrogens is 208 g/mol. The molecule has 0 aliphatic carbocycles. The number of aryl methyl sites for hydroxylation is 2. The highest BCUT2D eigenvalue weighted by Gasteiger charge is 2.17. The van der Waals surface area contributed by atoms with Crippen LogP contribution in [0.4, 0.5) is 4.79 Å². The monoisotopic (exact) mass is 226 g/mol. The van der Waals surface area contributed by atoms with Gasteiger partial charge >= 0.3 is 6.03 Å². The number of carbonyl (C=O) groups is 1. The van der Waals surface area contributed by atoms with E-state index in [0.717, 1.165) is 11.3 Å². The van der Waals surface area contributed by atoms with Crippen LogP contribution in [0.3, 0.4) is 0 Å². The first-order valence-corrected chi connectivity index (χ1v) is 5.13. The summed E-state index contributed by atoms with van der Waals surface area (Å²) in [4.78, 5) is 12.7. The van der Waals surface area contributed by atoms with Crippen LogP contribution in [0.5, 0.6) is 0 Å². The van der Waals surface area contributed by atoms with E-state index in [2.05, 4.69) is 5.16 Å². The number of carbonyl (C=O) groups excluding carboxylic acids is 1. The van der Waals surface area contributed by atoms with Crippen LogP contribution >= 0.6 is 0 Å². The minimum atomic E-state index is -0.489. The highest BCUT2D eigenvalue weighted by atomic mass is 16.5. The van der Waals surface area contributed by atoms with Crippen molar-refractivity contribution >= 4 is 6.03 Å². The number of rotatable bonds is 4. The summed E-state index contributed by atoms with van der Waals surface area (Å²) in [6.45, 7) is 6.26. The predicted octanol–water partition coefficient (Wildman–Crippen LogP) is 0.519. The summed E-state index contributed by atoms with van der Waals surface area (Å²) in [5.74, 6) is 0.702. The highest BCUT2D eigenvalue weighted by Crippen LogP contribution is 2.14. The van der Waals surface area contributed by atoms with Crippen LogP contribution in [0.25, 0.3) is 0 Å². The quantitative estimate of drug-likeness (QED) is 0.781. The van der Waals surface area contributed by atoms with Crippen LogP contribution < -0.4 is 11.5 Å². The number of nitrogens with two attached hydrogens (primary N) is 2. The molecule has 0 aliphatic heterocycles. The Bertz CT molecular complexity index is 353. The zero-order chi connectivity index (χ0) is 12.3. The van der Waals surface area contributed by atoms with Gasteiger partial charge in [-0.1, -0.05) is 5.16 Å². The molecule has 90 valence electrons. The Morgan fingerprint density at radius 1 is 1.56 bits per heavy atom. The lowest BCUT2D eigenvalue weighted by Crippen LogP contribution is -2.42. The van der Waals surface area contributed by atoms with E-state index in [9.17, 15) is 4.79 Å². The van der Waals surface area contributed by atoms with Gasteiger partial charge in [0.15, 0.2) is 0 Å². The average molecular weight is 226 g/mol. The molecule has 1 aromatic rings. The standard InChI is InChI=1S/C10H18N4O2/c1-6(11)4-14(10(12)15)5-9-7(2)13-16-8(9)3/h6H,4-5,11H2,1-3H3,(H2,12,15). The first kappa shape index (κ1) is 12.5. The number of amides is 2. The van der Waals surface area contributed by atoms with E-state index in [0.29, 0.717) is 18.8 Å². The van der Waals surface area contributed by atoms with Gasteiger partial charge in [-0.25, -0.2) is 4.79 Å². The van der Waals surface area contributed by atoms with Crippen molar-refractivity contribution in [1.82, 2.24) is 10.1 Å². The highest BCUT2D eigenvalue weighted by molar-refractivity contribution is 5.72. The summed E-state index contributed by atoms with van der Waals surface area (Å²) in [5.41, 5.74) is 12.6. The minimum Gasteiger partial charge on any atom is -0.361 e. The largest absolute Gasteiger partial charge is 0.361 e. The van der Waals surface area contributed by atoms with Crippen molar-refractivity contribution in [2.24, 2.45) is 11.5 Å². The lowest BCUT2D eigenvalue weighted by molar-refractivity contribution is 0.201. The first-order valence-electron chi connectivity index (χ1n) is 5.13. The number of urea groups is 1. The number of aromatic nitrogens is 1. The van der Waals surface area contributed by atoms with Crippen molar-refractivity contribution in [3.05, 3.63) is 17.0 Å². The van der Waals surface area contributed by atoms with Gasteiger partial charge in [0.1, 0.15) is 5.76 Å². The molecule has 4 N–H and O–H groups in total. The molecule has 6 nitrogen and oxygen atoms in total. The van der Waals surface area contributed by atoms with Gasteiger partial charge in [-0.15, -0.1) is 0 Å². The van der Waals surface area contributed by atoms with Gasteiger partial charge in [-0.2, -0.15) is 0 Å². The van der Waals surface area contributed by atoms with E-state index in [4.69, 9.17) is 16.0 Å².